The topological polar surface area (TPSA) is 40.7 Å². The first-order valence-corrected chi connectivity index (χ1v) is 8.70. The van der Waals surface area contributed by atoms with Crippen molar-refractivity contribution in [1.82, 2.24) is 15.5 Å². The van der Waals surface area contributed by atoms with Crippen molar-refractivity contribution >= 4 is 0 Å². The molecule has 0 unspecified atom stereocenters. The summed E-state index contributed by atoms with van der Waals surface area (Å²) in [6.45, 7) is 1.02. The van der Waals surface area contributed by atoms with Gasteiger partial charge in [0.25, 0.3) is 0 Å². The Hall–Kier alpha value is -1.61. The Balaban J connectivity index is 1.34. The Labute approximate surface area is 132 Å². The molecular formula is C19H25N3. The molecule has 3 heteroatoms. The molecule has 3 nitrogen and oxygen atoms in total. The maximum atomic E-state index is 4.07. The lowest BCUT2D eigenvalue weighted by Gasteiger charge is -2.35. The number of rotatable bonds is 5. The second-order valence-electron chi connectivity index (χ2n) is 6.98. The summed E-state index contributed by atoms with van der Waals surface area (Å²) in [5.74, 6) is 1.40. The van der Waals surface area contributed by atoms with Crippen LogP contribution in [0.5, 0.6) is 0 Å². The highest BCUT2D eigenvalue weighted by molar-refractivity contribution is 5.30. The van der Waals surface area contributed by atoms with Crippen LogP contribution in [-0.2, 0) is 6.54 Å². The summed E-state index contributed by atoms with van der Waals surface area (Å²) in [6, 6.07) is 12.1. The number of aromatic amines is 1. The predicted octanol–water partition coefficient (Wildman–Crippen LogP) is 4.10. The predicted molar refractivity (Wildman–Crippen MR) is 88.8 cm³/mol. The molecule has 0 aliphatic heterocycles. The van der Waals surface area contributed by atoms with E-state index in [4.69, 9.17) is 0 Å². The highest BCUT2D eigenvalue weighted by atomic mass is 15.1. The molecule has 0 amide bonds. The zero-order valence-corrected chi connectivity index (χ0v) is 13.1. The van der Waals surface area contributed by atoms with Gasteiger partial charge in [-0.3, -0.25) is 5.10 Å². The second kappa shape index (κ2) is 6.25. The van der Waals surface area contributed by atoms with Crippen LogP contribution >= 0.6 is 0 Å². The van der Waals surface area contributed by atoms with E-state index in [1.165, 1.54) is 55.3 Å². The van der Waals surface area contributed by atoms with E-state index >= 15 is 0 Å². The third-order valence-electron chi connectivity index (χ3n) is 5.47. The van der Waals surface area contributed by atoms with Crippen molar-refractivity contribution in [2.45, 2.75) is 62.9 Å². The van der Waals surface area contributed by atoms with Crippen molar-refractivity contribution in [3.05, 3.63) is 53.3 Å². The summed E-state index contributed by atoms with van der Waals surface area (Å²) in [7, 11) is 0. The Morgan fingerprint density at radius 1 is 1.09 bits per heavy atom. The standard InChI is InChI=1S/C19H25N3/c1-2-7-18(6-1)20-13-14-4-3-5-15(10-14)16-11-17(12-16)19-8-9-21-22-19/h3-5,8-10,16-18,20H,1-2,6-7,11-13H2,(H,21,22). The summed E-state index contributed by atoms with van der Waals surface area (Å²) in [5.41, 5.74) is 4.26. The van der Waals surface area contributed by atoms with E-state index in [-0.39, 0.29) is 0 Å². The van der Waals surface area contributed by atoms with Crippen molar-refractivity contribution in [2.24, 2.45) is 0 Å². The smallest absolute Gasteiger partial charge is 0.0490 e. The molecule has 2 N–H and O–H groups in total. The molecule has 1 aromatic heterocycles. The zero-order chi connectivity index (χ0) is 14.8. The van der Waals surface area contributed by atoms with Gasteiger partial charge < -0.3 is 5.32 Å². The van der Waals surface area contributed by atoms with E-state index in [1.54, 1.807) is 0 Å². The van der Waals surface area contributed by atoms with Crippen molar-refractivity contribution in [2.75, 3.05) is 0 Å². The van der Waals surface area contributed by atoms with Crippen LogP contribution in [0.15, 0.2) is 36.5 Å². The Morgan fingerprint density at radius 2 is 1.95 bits per heavy atom. The molecule has 0 saturated heterocycles. The highest BCUT2D eigenvalue weighted by Crippen LogP contribution is 2.46. The third kappa shape index (κ3) is 2.95. The fourth-order valence-corrected chi connectivity index (χ4v) is 3.99. The molecule has 0 radical (unpaired) electrons. The molecule has 0 atom stereocenters. The highest BCUT2D eigenvalue weighted by Gasteiger charge is 2.32. The first kappa shape index (κ1) is 14.0. The number of hydrogen-bond donors (Lipinski definition) is 2. The van der Waals surface area contributed by atoms with Gasteiger partial charge >= 0.3 is 0 Å². The van der Waals surface area contributed by atoms with E-state index in [0.29, 0.717) is 5.92 Å². The van der Waals surface area contributed by atoms with E-state index in [2.05, 4.69) is 45.8 Å². The van der Waals surface area contributed by atoms with Gasteiger partial charge in [0.1, 0.15) is 0 Å². The first-order chi connectivity index (χ1) is 10.9. The summed E-state index contributed by atoms with van der Waals surface area (Å²) in [4.78, 5) is 0. The van der Waals surface area contributed by atoms with Gasteiger partial charge in [0, 0.05) is 30.4 Å². The monoisotopic (exact) mass is 295 g/mol. The zero-order valence-electron chi connectivity index (χ0n) is 13.1. The van der Waals surface area contributed by atoms with Crippen LogP contribution in [0.25, 0.3) is 0 Å². The molecule has 2 fully saturated rings. The van der Waals surface area contributed by atoms with Crippen molar-refractivity contribution in [3.8, 4) is 0 Å². The lowest BCUT2D eigenvalue weighted by atomic mass is 9.70. The van der Waals surface area contributed by atoms with Crippen LogP contribution in [0.1, 0.15) is 67.2 Å². The summed E-state index contributed by atoms with van der Waals surface area (Å²) >= 11 is 0. The Bertz CT molecular complexity index is 593. The largest absolute Gasteiger partial charge is 0.310 e. The first-order valence-electron chi connectivity index (χ1n) is 8.70. The number of benzene rings is 1. The number of H-pyrrole nitrogens is 1. The molecule has 2 saturated carbocycles. The number of nitrogens with one attached hydrogen (secondary N) is 2. The van der Waals surface area contributed by atoms with Crippen LogP contribution in [0.2, 0.25) is 0 Å². The normalized spacial score (nSPS) is 25.3. The quantitative estimate of drug-likeness (QED) is 0.871. The fraction of sp³-hybridized carbons (Fsp3) is 0.526. The maximum absolute atomic E-state index is 4.07. The van der Waals surface area contributed by atoms with Crippen molar-refractivity contribution in [3.63, 3.8) is 0 Å². The van der Waals surface area contributed by atoms with Crippen LogP contribution in [0.4, 0.5) is 0 Å². The molecular weight excluding hydrogens is 270 g/mol. The van der Waals surface area contributed by atoms with Gasteiger partial charge in [-0.05, 0) is 48.8 Å². The summed E-state index contributed by atoms with van der Waals surface area (Å²) < 4.78 is 0. The Morgan fingerprint density at radius 3 is 2.73 bits per heavy atom. The second-order valence-corrected chi connectivity index (χ2v) is 6.98. The molecule has 22 heavy (non-hydrogen) atoms. The van der Waals surface area contributed by atoms with Crippen LogP contribution < -0.4 is 5.32 Å². The fourth-order valence-electron chi connectivity index (χ4n) is 3.99. The van der Waals surface area contributed by atoms with E-state index in [1.807, 2.05) is 6.20 Å². The average molecular weight is 295 g/mol. The average Bonchev–Trinajstić information content (AvgIpc) is 3.18. The van der Waals surface area contributed by atoms with Gasteiger partial charge in [0.05, 0.1) is 0 Å². The molecule has 1 heterocycles. The molecule has 116 valence electrons. The minimum Gasteiger partial charge on any atom is -0.310 e. The molecule has 2 aliphatic carbocycles. The third-order valence-corrected chi connectivity index (χ3v) is 5.47. The molecule has 0 spiro atoms. The van der Waals surface area contributed by atoms with Crippen LogP contribution in [0.3, 0.4) is 0 Å². The van der Waals surface area contributed by atoms with Gasteiger partial charge in [0.15, 0.2) is 0 Å². The lowest BCUT2D eigenvalue weighted by molar-refractivity contribution is 0.344. The summed E-state index contributed by atoms with van der Waals surface area (Å²) in [5, 5.41) is 10.9. The number of aromatic nitrogens is 2. The number of hydrogen-bond acceptors (Lipinski definition) is 2. The lowest BCUT2D eigenvalue weighted by Crippen LogP contribution is -2.25. The van der Waals surface area contributed by atoms with E-state index in [9.17, 15) is 0 Å². The maximum Gasteiger partial charge on any atom is 0.0490 e. The SMILES string of the molecule is c1cc(CNC2CCCC2)cc(C2CC(c3ccn[nH]3)C2)c1. The van der Waals surface area contributed by atoms with Gasteiger partial charge in [-0.15, -0.1) is 0 Å². The molecule has 4 rings (SSSR count). The van der Waals surface area contributed by atoms with Crippen molar-refractivity contribution < 1.29 is 0 Å². The minimum absolute atomic E-state index is 0.674. The van der Waals surface area contributed by atoms with Gasteiger partial charge in [-0.25, -0.2) is 0 Å². The van der Waals surface area contributed by atoms with Gasteiger partial charge in [0.2, 0.25) is 0 Å². The van der Waals surface area contributed by atoms with Crippen molar-refractivity contribution in [1.29, 1.82) is 0 Å². The summed E-state index contributed by atoms with van der Waals surface area (Å²) in [6.07, 6.45) is 9.87. The molecule has 1 aromatic carbocycles. The van der Waals surface area contributed by atoms with E-state index in [0.717, 1.165) is 18.5 Å². The Kier molecular flexibility index (Phi) is 3.98. The molecule has 2 aliphatic rings. The minimum atomic E-state index is 0.674. The van der Waals surface area contributed by atoms with Crippen LogP contribution in [-0.4, -0.2) is 16.2 Å². The number of nitrogens with zero attached hydrogens (tertiary/aromatic N) is 1. The van der Waals surface area contributed by atoms with E-state index < -0.39 is 0 Å². The molecule has 2 aromatic rings. The van der Waals surface area contributed by atoms with Gasteiger partial charge in [-0.1, -0.05) is 37.1 Å². The van der Waals surface area contributed by atoms with Gasteiger partial charge in [-0.2, -0.15) is 5.10 Å². The molecule has 0 bridgehead atoms. The van der Waals surface area contributed by atoms with Crippen LogP contribution in [0, 0.1) is 0 Å².